The monoisotopic (exact) mass is 114 g/mol. The number of hydrogen-bond acceptors (Lipinski definition) is 2. The molecule has 8 heavy (non-hydrogen) atoms. The third-order valence-corrected chi connectivity index (χ3v) is 0.856. The van der Waals surface area contributed by atoms with Crippen LogP contribution in [0.25, 0.3) is 0 Å². The van der Waals surface area contributed by atoms with Gasteiger partial charge in [-0.05, 0) is 6.92 Å². The molecule has 0 saturated heterocycles. The Labute approximate surface area is 51.2 Å². The van der Waals surface area contributed by atoms with Crippen molar-refractivity contribution in [2.24, 2.45) is 0 Å². The summed E-state index contributed by atoms with van der Waals surface area (Å²) >= 11 is 0. The summed E-state index contributed by atoms with van der Waals surface area (Å²) in [6.07, 6.45) is 0. The van der Waals surface area contributed by atoms with E-state index in [0.29, 0.717) is 0 Å². The molecular formula is C6H14N2. The van der Waals surface area contributed by atoms with Gasteiger partial charge in [0.15, 0.2) is 0 Å². The third kappa shape index (κ3) is 3.68. The number of hydrazine groups is 1. The molecule has 2 nitrogen and oxygen atoms in total. The lowest BCUT2D eigenvalue weighted by Crippen LogP contribution is -2.31. The molecule has 0 aliphatic heterocycles. The van der Waals surface area contributed by atoms with Gasteiger partial charge in [-0.25, -0.2) is 5.01 Å². The lowest BCUT2D eigenvalue weighted by atomic mass is 10.6. The van der Waals surface area contributed by atoms with E-state index in [1.54, 1.807) is 0 Å². The van der Waals surface area contributed by atoms with Crippen LogP contribution in [0.5, 0.6) is 0 Å². The fourth-order valence-electron chi connectivity index (χ4n) is 0.405. The molecule has 2 heteroatoms. The van der Waals surface area contributed by atoms with Crippen LogP contribution in [0.2, 0.25) is 0 Å². The van der Waals surface area contributed by atoms with E-state index in [0.717, 1.165) is 12.2 Å². The highest BCUT2D eigenvalue weighted by Gasteiger charge is 1.87. The second kappa shape index (κ2) is 3.50. The minimum absolute atomic E-state index is 0.981. The van der Waals surface area contributed by atoms with E-state index in [9.17, 15) is 0 Å². The SMILES string of the molecule is C=C(C)NN(C)CC. The second-order valence-electron chi connectivity index (χ2n) is 1.91. The van der Waals surface area contributed by atoms with Crippen molar-refractivity contribution in [3.05, 3.63) is 12.3 Å². The standard InChI is InChI=1S/C6H14N2/c1-5-8(4)7-6(2)3/h7H,2,5H2,1,3-4H3. The molecule has 0 fully saturated rings. The van der Waals surface area contributed by atoms with Crippen molar-refractivity contribution in [1.29, 1.82) is 0 Å². The van der Waals surface area contributed by atoms with E-state index in [2.05, 4.69) is 18.9 Å². The Balaban J connectivity index is 3.24. The Hall–Kier alpha value is -0.500. The topological polar surface area (TPSA) is 15.3 Å². The summed E-state index contributed by atoms with van der Waals surface area (Å²) < 4.78 is 0. The summed E-state index contributed by atoms with van der Waals surface area (Å²) in [4.78, 5) is 0. The van der Waals surface area contributed by atoms with Gasteiger partial charge < -0.3 is 5.43 Å². The first-order valence-corrected chi connectivity index (χ1v) is 2.80. The van der Waals surface area contributed by atoms with E-state index in [4.69, 9.17) is 0 Å². The molecule has 0 radical (unpaired) electrons. The van der Waals surface area contributed by atoms with Crippen LogP contribution < -0.4 is 5.43 Å². The van der Waals surface area contributed by atoms with E-state index in [1.165, 1.54) is 0 Å². The van der Waals surface area contributed by atoms with Gasteiger partial charge in [0.1, 0.15) is 0 Å². The minimum Gasteiger partial charge on any atom is -0.324 e. The van der Waals surface area contributed by atoms with Gasteiger partial charge in [-0.3, -0.25) is 0 Å². The van der Waals surface area contributed by atoms with Crippen LogP contribution in [0.1, 0.15) is 13.8 Å². The normalized spacial score (nSPS) is 9.50. The molecular weight excluding hydrogens is 100 g/mol. The molecule has 0 atom stereocenters. The molecule has 0 aromatic heterocycles. The largest absolute Gasteiger partial charge is 0.324 e. The molecule has 1 N–H and O–H groups in total. The molecule has 0 saturated carbocycles. The molecule has 0 heterocycles. The molecule has 0 unspecified atom stereocenters. The van der Waals surface area contributed by atoms with Crippen molar-refractivity contribution in [2.45, 2.75) is 13.8 Å². The van der Waals surface area contributed by atoms with Gasteiger partial charge in [-0.2, -0.15) is 0 Å². The van der Waals surface area contributed by atoms with Crippen LogP contribution in [0.4, 0.5) is 0 Å². The lowest BCUT2D eigenvalue weighted by Gasteiger charge is -2.15. The lowest BCUT2D eigenvalue weighted by molar-refractivity contribution is 0.281. The predicted octanol–water partition coefficient (Wildman–Crippen LogP) is 0.976. The Morgan fingerprint density at radius 2 is 2.25 bits per heavy atom. The smallest absolute Gasteiger partial charge is 0.0161 e. The molecule has 0 spiro atoms. The number of nitrogens with zero attached hydrogens (tertiary/aromatic N) is 1. The van der Waals surface area contributed by atoms with Crippen LogP contribution in [0.15, 0.2) is 12.3 Å². The highest BCUT2D eigenvalue weighted by atomic mass is 15.5. The Morgan fingerprint density at radius 1 is 1.75 bits per heavy atom. The van der Waals surface area contributed by atoms with Gasteiger partial charge in [0, 0.05) is 19.3 Å². The fourth-order valence-corrected chi connectivity index (χ4v) is 0.405. The fraction of sp³-hybridized carbons (Fsp3) is 0.667. The molecule has 0 aliphatic rings. The van der Waals surface area contributed by atoms with Gasteiger partial charge in [-0.1, -0.05) is 13.5 Å². The van der Waals surface area contributed by atoms with Crippen molar-refractivity contribution in [3.8, 4) is 0 Å². The average molecular weight is 114 g/mol. The van der Waals surface area contributed by atoms with Gasteiger partial charge in [0.2, 0.25) is 0 Å². The van der Waals surface area contributed by atoms with Crippen molar-refractivity contribution in [3.63, 3.8) is 0 Å². The van der Waals surface area contributed by atoms with Crippen molar-refractivity contribution in [1.82, 2.24) is 10.4 Å². The van der Waals surface area contributed by atoms with Crippen molar-refractivity contribution < 1.29 is 0 Å². The van der Waals surface area contributed by atoms with Crippen molar-refractivity contribution in [2.75, 3.05) is 13.6 Å². The van der Waals surface area contributed by atoms with Gasteiger partial charge in [-0.15, -0.1) is 0 Å². The molecule has 0 rings (SSSR count). The summed E-state index contributed by atoms with van der Waals surface area (Å²) in [7, 11) is 1.98. The van der Waals surface area contributed by atoms with Crippen LogP contribution in [-0.2, 0) is 0 Å². The first-order chi connectivity index (χ1) is 3.66. The Kier molecular flexibility index (Phi) is 3.28. The zero-order chi connectivity index (χ0) is 6.57. The highest BCUT2D eigenvalue weighted by molar-refractivity contribution is 4.81. The molecule has 0 aromatic rings. The zero-order valence-electron chi connectivity index (χ0n) is 5.86. The molecule has 48 valence electrons. The van der Waals surface area contributed by atoms with Crippen molar-refractivity contribution >= 4 is 0 Å². The van der Waals surface area contributed by atoms with Crippen LogP contribution >= 0.6 is 0 Å². The molecule has 0 amide bonds. The van der Waals surface area contributed by atoms with E-state index in [-0.39, 0.29) is 0 Å². The number of rotatable bonds is 3. The van der Waals surface area contributed by atoms with Crippen LogP contribution in [-0.4, -0.2) is 18.6 Å². The van der Waals surface area contributed by atoms with Gasteiger partial charge in [0.25, 0.3) is 0 Å². The van der Waals surface area contributed by atoms with E-state index < -0.39 is 0 Å². The summed E-state index contributed by atoms with van der Waals surface area (Å²) in [5, 5.41) is 1.97. The Bertz CT molecular complexity index is 78.6. The molecule has 0 aromatic carbocycles. The number of hydrogen-bond donors (Lipinski definition) is 1. The van der Waals surface area contributed by atoms with E-state index >= 15 is 0 Å². The minimum atomic E-state index is 0.981. The van der Waals surface area contributed by atoms with Crippen LogP contribution in [0, 0.1) is 0 Å². The maximum absolute atomic E-state index is 3.69. The van der Waals surface area contributed by atoms with Crippen LogP contribution in [0.3, 0.4) is 0 Å². The maximum Gasteiger partial charge on any atom is 0.0161 e. The average Bonchev–Trinajstić information content (AvgIpc) is 1.65. The summed E-state index contributed by atoms with van der Waals surface area (Å²) in [5.74, 6) is 0. The number of nitrogens with one attached hydrogen (secondary N) is 1. The quantitative estimate of drug-likeness (QED) is 0.550. The number of allylic oxidation sites excluding steroid dienone is 1. The predicted molar refractivity (Wildman–Crippen MR) is 36.3 cm³/mol. The zero-order valence-corrected chi connectivity index (χ0v) is 5.86. The van der Waals surface area contributed by atoms with Gasteiger partial charge in [0.05, 0.1) is 0 Å². The summed E-state index contributed by atoms with van der Waals surface area (Å²) in [6, 6.07) is 0. The molecule has 0 aliphatic carbocycles. The third-order valence-electron chi connectivity index (χ3n) is 0.856. The highest BCUT2D eigenvalue weighted by Crippen LogP contribution is 1.80. The first kappa shape index (κ1) is 7.50. The molecule has 0 bridgehead atoms. The second-order valence-corrected chi connectivity index (χ2v) is 1.91. The Morgan fingerprint density at radius 3 is 2.38 bits per heavy atom. The summed E-state index contributed by atoms with van der Waals surface area (Å²) in [5.41, 5.74) is 4.01. The van der Waals surface area contributed by atoms with E-state index in [1.807, 2.05) is 19.0 Å². The summed E-state index contributed by atoms with van der Waals surface area (Å²) in [6.45, 7) is 8.70. The van der Waals surface area contributed by atoms with Gasteiger partial charge >= 0.3 is 0 Å². The first-order valence-electron chi connectivity index (χ1n) is 2.80. The maximum atomic E-state index is 3.69.